The quantitative estimate of drug-likeness (QED) is 0.234. The molecule has 5 aromatic carbocycles. The summed E-state index contributed by atoms with van der Waals surface area (Å²) in [5.41, 5.74) is 11.9. The van der Waals surface area contributed by atoms with Crippen LogP contribution in [0.3, 0.4) is 0 Å². The molecule has 0 saturated heterocycles. The summed E-state index contributed by atoms with van der Waals surface area (Å²) in [5, 5.41) is 2.49. The van der Waals surface area contributed by atoms with Crippen LogP contribution in [0.15, 0.2) is 133 Å². The molecular formula is C34H22N4. The molecule has 0 aliphatic carbocycles. The molecule has 0 saturated carbocycles. The molecular weight excluding hydrogens is 464 g/mol. The van der Waals surface area contributed by atoms with E-state index in [-0.39, 0.29) is 0 Å². The number of rotatable bonds is 2. The predicted molar refractivity (Wildman–Crippen MR) is 157 cm³/mol. The Morgan fingerprint density at radius 3 is 1.18 bits per heavy atom. The zero-order valence-electron chi connectivity index (χ0n) is 20.5. The number of para-hydroxylation sites is 6. The third-order valence-corrected chi connectivity index (χ3v) is 7.91. The van der Waals surface area contributed by atoms with Gasteiger partial charge in [-0.15, -0.1) is 0 Å². The summed E-state index contributed by atoms with van der Waals surface area (Å²) in [6.07, 6.45) is 0. The Kier molecular flexibility index (Phi) is 3.76. The summed E-state index contributed by atoms with van der Waals surface area (Å²) in [7, 11) is 0. The molecule has 0 spiro atoms. The number of aromatic nitrogens is 4. The fourth-order valence-corrected chi connectivity index (χ4v) is 6.36. The molecule has 0 aliphatic heterocycles. The zero-order chi connectivity index (χ0) is 24.8. The Hall–Kier alpha value is -5.22. The van der Waals surface area contributed by atoms with Crippen LogP contribution in [0.25, 0.3) is 66.5 Å². The monoisotopic (exact) mass is 486 g/mol. The van der Waals surface area contributed by atoms with Crippen molar-refractivity contribution in [3.05, 3.63) is 133 Å². The van der Waals surface area contributed by atoms with E-state index in [1.54, 1.807) is 0 Å². The van der Waals surface area contributed by atoms with Crippen LogP contribution in [0.5, 0.6) is 0 Å². The molecule has 4 heterocycles. The fraction of sp³-hybridized carbons (Fsp3) is 0. The second-order valence-electron chi connectivity index (χ2n) is 9.96. The Labute approximate surface area is 217 Å². The van der Waals surface area contributed by atoms with Gasteiger partial charge in [0.25, 0.3) is 0 Å². The Morgan fingerprint density at radius 2 is 0.711 bits per heavy atom. The fourth-order valence-electron chi connectivity index (χ4n) is 6.36. The molecule has 0 radical (unpaired) electrons. The van der Waals surface area contributed by atoms with Crippen molar-refractivity contribution in [3.8, 4) is 11.4 Å². The van der Waals surface area contributed by atoms with Crippen LogP contribution < -0.4 is 0 Å². The second kappa shape index (κ2) is 7.17. The van der Waals surface area contributed by atoms with Crippen molar-refractivity contribution in [3.63, 3.8) is 0 Å². The summed E-state index contributed by atoms with van der Waals surface area (Å²) < 4.78 is 9.52. The minimum absolute atomic E-state index is 1.14. The lowest BCUT2D eigenvalue weighted by molar-refractivity contribution is 1.11. The lowest BCUT2D eigenvalue weighted by Gasteiger charge is -2.11. The number of nitrogens with zero attached hydrogens (tertiary/aromatic N) is 4. The molecule has 4 aromatic heterocycles. The van der Waals surface area contributed by atoms with E-state index in [1.807, 2.05) is 0 Å². The van der Waals surface area contributed by atoms with Crippen LogP contribution >= 0.6 is 0 Å². The van der Waals surface area contributed by atoms with E-state index in [4.69, 9.17) is 0 Å². The molecule has 4 nitrogen and oxygen atoms in total. The van der Waals surface area contributed by atoms with Crippen molar-refractivity contribution in [1.82, 2.24) is 17.9 Å². The summed E-state index contributed by atoms with van der Waals surface area (Å²) in [5.74, 6) is 0. The van der Waals surface area contributed by atoms with Gasteiger partial charge in [-0.1, -0.05) is 66.7 Å². The first-order chi connectivity index (χ1) is 18.9. The number of hydrogen-bond donors (Lipinski definition) is 0. The maximum atomic E-state index is 2.39. The molecule has 4 heteroatoms. The maximum absolute atomic E-state index is 2.39. The van der Waals surface area contributed by atoms with Crippen LogP contribution in [0.4, 0.5) is 0 Å². The average Bonchev–Trinajstić information content (AvgIpc) is 3.69. The van der Waals surface area contributed by atoms with E-state index in [2.05, 4.69) is 151 Å². The molecule has 0 N–H and O–H groups in total. The summed E-state index contributed by atoms with van der Waals surface area (Å²) in [6.45, 7) is 0. The van der Waals surface area contributed by atoms with Crippen molar-refractivity contribution >= 4 is 55.2 Å². The van der Waals surface area contributed by atoms with E-state index >= 15 is 0 Å². The van der Waals surface area contributed by atoms with Crippen LogP contribution in [0, 0.1) is 0 Å². The van der Waals surface area contributed by atoms with E-state index in [0.29, 0.717) is 0 Å². The highest BCUT2D eigenvalue weighted by molar-refractivity contribution is 5.97. The van der Waals surface area contributed by atoms with E-state index < -0.39 is 0 Å². The molecule has 0 amide bonds. The van der Waals surface area contributed by atoms with Gasteiger partial charge in [-0.3, -0.25) is 17.9 Å². The highest BCUT2D eigenvalue weighted by atomic mass is 15.2. The normalized spacial score (nSPS) is 12.2. The first-order valence-electron chi connectivity index (χ1n) is 13.0. The first-order valence-corrected chi connectivity index (χ1v) is 13.0. The van der Waals surface area contributed by atoms with Gasteiger partial charge in [-0.05, 0) is 66.7 Å². The molecule has 0 unspecified atom stereocenters. The molecule has 0 atom stereocenters. The number of imidazole rings is 2. The third kappa shape index (κ3) is 2.49. The van der Waals surface area contributed by atoms with Crippen LogP contribution in [-0.4, -0.2) is 17.9 Å². The van der Waals surface area contributed by atoms with Crippen molar-refractivity contribution in [2.24, 2.45) is 0 Å². The van der Waals surface area contributed by atoms with Crippen LogP contribution in [-0.2, 0) is 0 Å². The molecule has 0 fully saturated rings. The average molecular weight is 487 g/mol. The van der Waals surface area contributed by atoms with Crippen molar-refractivity contribution < 1.29 is 0 Å². The van der Waals surface area contributed by atoms with Gasteiger partial charge in [0, 0.05) is 22.1 Å². The first kappa shape index (κ1) is 19.9. The Balaban J connectivity index is 1.37. The van der Waals surface area contributed by atoms with Gasteiger partial charge in [0.2, 0.25) is 0 Å². The van der Waals surface area contributed by atoms with Crippen LogP contribution in [0.2, 0.25) is 0 Å². The number of fused-ring (bicyclic) bond motifs is 10. The molecule has 0 aliphatic rings. The molecule has 0 bridgehead atoms. The zero-order valence-corrected chi connectivity index (χ0v) is 20.5. The standard InChI is InChI=1S/C34H22N4/c1-3-14-27-23(10-1)20-33-35(29-16-5-7-18-31(29)37(27)33)25-12-9-13-26(22-25)36-30-17-6-8-19-32(30)38-28-15-4-2-11-24(28)21-34(36)38/h1-22H. The SMILES string of the molecule is c1cc(-n2c3ccccc3n3c4ccccc4cc23)cc(-n2c3ccccc3n3c4ccccc4cc23)c1. The van der Waals surface area contributed by atoms with E-state index in [0.717, 1.165) is 11.4 Å². The molecule has 9 aromatic rings. The smallest absolute Gasteiger partial charge is 0.123 e. The maximum Gasteiger partial charge on any atom is 0.123 e. The van der Waals surface area contributed by atoms with Gasteiger partial charge >= 0.3 is 0 Å². The summed E-state index contributed by atoms with van der Waals surface area (Å²) >= 11 is 0. The summed E-state index contributed by atoms with van der Waals surface area (Å²) in [6, 6.07) is 48.1. The minimum atomic E-state index is 1.14. The van der Waals surface area contributed by atoms with Gasteiger partial charge in [0.05, 0.1) is 33.1 Å². The van der Waals surface area contributed by atoms with Crippen LogP contribution in [0.1, 0.15) is 0 Å². The highest BCUT2D eigenvalue weighted by Gasteiger charge is 2.18. The largest absolute Gasteiger partial charge is 0.294 e. The molecule has 38 heavy (non-hydrogen) atoms. The summed E-state index contributed by atoms with van der Waals surface area (Å²) in [4.78, 5) is 0. The molecule has 178 valence electrons. The second-order valence-corrected chi connectivity index (χ2v) is 9.96. The van der Waals surface area contributed by atoms with Crippen molar-refractivity contribution in [1.29, 1.82) is 0 Å². The number of hydrogen-bond acceptors (Lipinski definition) is 0. The topological polar surface area (TPSA) is 18.7 Å². The van der Waals surface area contributed by atoms with Crippen molar-refractivity contribution in [2.45, 2.75) is 0 Å². The third-order valence-electron chi connectivity index (χ3n) is 7.91. The van der Waals surface area contributed by atoms with Crippen molar-refractivity contribution in [2.75, 3.05) is 0 Å². The van der Waals surface area contributed by atoms with E-state index in [1.165, 1.54) is 55.2 Å². The predicted octanol–water partition coefficient (Wildman–Crippen LogP) is 8.39. The van der Waals surface area contributed by atoms with Gasteiger partial charge < -0.3 is 0 Å². The van der Waals surface area contributed by atoms with E-state index in [9.17, 15) is 0 Å². The van der Waals surface area contributed by atoms with Gasteiger partial charge in [-0.2, -0.15) is 0 Å². The Bertz CT molecular complexity index is 2190. The Morgan fingerprint density at radius 1 is 0.316 bits per heavy atom. The highest BCUT2D eigenvalue weighted by Crippen LogP contribution is 2.34. The van der Waals surface area contributed by atoms with Gasteiger partial charge in [0.1, 0.15) is 11.3 Å². The number of benzene rings is 5. The minimum Gasteiger partial charge on any atom is -0.294 e. The lowest BCUT2D eigenvalue weighted by Crippen LogP contribution is -1.98. The van der Waals surface area contributed by atoms with Gasteiger partial charge in [0.15, 0.2) is 0 Å². The lowest BCUT2D eigenvalue weighted by atomic mass is 10.2. The molecule has 9 rings (SSSR count). The van der Waals surface area contributed by atoms with Gasteiger partial charge in [-0.25, -0.2) is 0 Å².